The molecule has 1 aromatic rings. The van der Waals surface area contributed by atoms with Crippen molar-refractivity contribution in [2.75, 3.05) is 31.8 Å². The molecule has 94 valence electrons. The summed E-state index contributed by atoms with van der Waals surface area (Å²) in [6.45, 7) is 1.46. The zero-order valence-corrected chi connectivity index (χ0v) is 10.8. The number of anilines is 1. The van der Waals surface area contributed by atoms with E-state index < -0.39 is 0 Å². The van der Waals surface area contributed by atoms with Crippen LogP contribution in [-0.2, 0) is 4.74 Å². The van der Waals surface area contributed by atoms with Crippen LogP contribution < -0.4 is 10.5 Å². The first-order valence-corrected chi connectivity index (χ1v) is 6.79. The fourth-order valence-corrected chi connectivity index (χ4v) is 2.11. The van der Waals surface area contributed by atoms with Gasteiger partial charge in [0.2, 0.25) is 5.88 Å². The average molecular weight is 254 g/mol. The van der Waals surface area contributed by atoms with Gasteiger partial charge in [0, 0.05) is 12.9 Å². The number of ether oxygens (including phenoxy) is 2. The van der Waals surface area contributed by atoms with Gasteiger partial charge in [-0.1, -0.05) is 0 Å². The fraction of sp³-hybridized carbons (Fsp3) is 0.583. The van der Waals surface area contributed by atoms with Crippen molar-refractivity contribution in [3.05, 3.63) is 12.1 Å². The largest absolute Gasteiger partial charge is 0.476 e. The summed E-state index contributed by atoms with van der Waals surface area (Å²) in [7, 11) is 1.70. The van der Waals surface area contributed by atoms with E-state index >= 15 is 0 Å². The van der Waals surface area contributed by atoms with Gasteiger partial charge in [-0.15, -0.1) is 11.8 Å². The van der Waals surface area contributed by atoms with Crippen LogP contribution >= 0.6 is 11.8 Å². The SMILES string of the molecule is COCCSc1ccc(N)c(OCC2CC2)n1. The van der Waals surface area contributed by atoms with Crippen molar-refractivity contribution < 1.29 is 9.47 Å². The van der Waals surface area contributed by atoms with Crippen LogP contribution in [-0.4, -0.2) is 31.1 Å². The Kier molecular flexibility index (Phi) is 4.50. The van der Waals surface area contributed by atoms with Crippen molar-refractivity contribution in [2.24, 2.45) is 5.92 Å². The van der Waals surface area contributed by atoms with Crippen molar-refractivity contribution in [3.63, 3.8) is 0 Å². The summed E-state index contributed by atoms with van der Waals surface area (Å²) < 4.78 is 10.6. The monoisotopic (exact) mass is 254 g/mol. The number of thioether (sulfide) groups is 1. The van der Waals surface area contributed by atoms with Gasteiger partial charge in [-0.2, -0.15) is 0 Å². The van der Waals surface area contributed by atoms with Crippen LogP contribution in [0.5, 0.6) is 5.88 Å². The summed E-state index contributed by atoms with van der Waals surface area (Å²) >= 11 is 1.65. The number of rotatable bonds is 7. The molecule has 1 fully saturated rings. The highest BCUT2D eigenvalue weighted by Gasteiger charge is 2.22. The van der Waals surface area contributed by atoms with Crippen molar-refractivity contribution in [3.8, 4) is 5.88 Å². The molecule has 0 saturated heterocycles. The molecule has 1 aromatic heterocycles. The topological polar surface area (TPSA) is 57.4 Å². The standard InChI is InChI=1S/C12H18N2O2S/c1-15-6-7-17-11-5-4-10(13)12(14-11)16-8-9-2-3-9/h4-5,9H,2-3,6-8,13H2,1H3. The van der Waals surface area contributed by atoms with E-state index in [0.717, 1.165) is 24.0 Å². The molecule has 4 nitrogen and oxygen atoms in total. The van der Waals surface area contributed by atoms with Crippen LogP contribution in [0.3, 0.4) is 0 Å². The Labute approximate surface area is 106 Å². The Morgan fingerprint density at radius 2 is 2.29 bits per heavy atom. The molecule has 0 bridgehead atoms. The van der Waals surface area contributed by atoms with E-state index in [-0.39, 0.29) is 0 Å². The molecule has 1 saturated carbocycles. The summed E-state index contributed by atoms with van der Waals surface area (Å²) in [6, 6.07) is 3.77. The minimum atomic E-state index is 0.569. The first-order valence-electron chi connectivity index (χ1n) is 5.80. The Morgan fingerprint density at radius 3 is 3.00 bits per heavy atom. The second kappa shape index (κ2) is 6.12. The minimum Gasteiger partial charge on any atom is -0.476 e. The lowest BCUT2D eigenvalue weighted by Gasteiger charge is -2.08. The van der Waals surface area contributed by atoms with E-state index in [1.54, 1.807) is 18.9 Å². The van der Waals surface area contributed by atoms with Gasteiger partial charge >= 0.3 is 0 Å². The number of hydrogen-bond acceptors (Lipinski definition) is 5. The van der Waals surface area contributed by atoms with E-state index in [1.165, 1.54) is 12.8 Å². The van der Waals surface area contributed by atoms with E-state index in [4.69, 9.17) is 15.2 Å². The van der Waals surface area contributed by atoms with Crippen LogP contribution in [0.4, 0.5) is 5.69 Å². The van der Waals surface area contributed by atoms with Gasteiger partial charge in [-0.25, -0.2) is 4.98 Å². The molecular formula is C12H18N2O2S. The lowest BCUT2D eigenvalue weighted by molar-refractivity contribution is 0.218. The maximum atomic E-state index is 5.83. The Balaban J connectivity index is 1.90. The molecule has 1 aliphatic carbocycles. The van der Waals surface area contributed by atoms with Gasteiger partial charge in [0.15, 0.2) is 0 Å². The normalized spacial score (nSPS) is 14.9. The second-order valence-electron chi connectivity index (χ2n) is 4.14. The molecule has 0 radical (unpaired) electrons. The number of aromatic nitrogens is 1. The highest BCUT2D eigenvalue weighted by molar-refractivity contribution is 7.99. The highest BCUT2D eigenvalue weighted by atomic mass is 32.2. The summed E-state index contributed by atoms with van der Waals surface area (Å²) in [4.78, 5) is 4.40. The molecule has 0 aliphatic heterocycles. The molecule has 0 amide bonds. The summed E-state index contributed by atoms with van der Waals surface area (Å²) in [5.41, 5.74) is 6.44. The van der Waals surface area contributed by atoms with Crippen molar-refractivity contribution in [2.45, 2.75) is 17.9 Å². The fourth-order valence-electron chi connectivity index (χ4n) is 1.34. The molecule has 1 heterocycles. The van der Waals surface area contributed by atoms with Crippen LogP contribution in [0.15, 0.2) is 17.2 Å². The van der Waals surface area contributed by atoms with E-state index in [9.17, 15) is 0 Å². The molecule has 0 aromatic carbocycles. The van der Waals surface area contributed by atoms with Crippen molar-refractivity contribution in [1.82, 2.24) is 4.98 Å². The molecule has 2 rings (SSSR count). The van der Waals surface area contributed by atoms with Gasteiger partial charge in [0.1, 0.15) is 5.03 Å². The van der Waals surface area contributed by atoms with Crippen LogP contribution in [0.25, 0.3) is 0 Å². The third-order valence-corrected chi connectivity index (χ3v) is 3.45. The zero-order valence-electron chi connectivity index (χ0n) is 10.0. The molecular weight excluding hydrogens is 236 g/mol. The molecule has 5 heteroatoms. The molecule has 2 N–H and O–H groups in total. The lowest BCUT2D eigenvalue weighted by Crippen LogP contribution is -2.04. The van der Waals surface area contributed by atoms with Gasteiger partial charge in [-0.05, 0) is 30.9 Å². The Hall–Kier alpha value is -0.940. The second-order valence-corrected chi connectivity index (χ2v) is 5.25. The molecule has 1 aliphatic rings. The number of hydrogen-bond donors (Lipinski definition) is 1. The maximum Gasteiger partial charge on any atom is 0.238 e. The van der Waals surface area contributed by atoms with E-state index in [1.807, 2.05) is 12.1 Å². The first kappa shape index (κ1) is 12.5. The van der Waals surface area contributed by atoms with Crippen LogP contribution in [0.1, 0.15) is 12.8 Å². The van der Waals surface area contributed by atoms with E-state index in [2.05, 4.69) is 4.98 Å². The van der Waals surface area contributed by atoms with Gasteiger partial charge in [0.05, 0.1) is 18.9 Å². The predicted octanol–water partition coefficient (Wildman–Crippen LogP) is 2.19. The number of nitrogens with two attached hydrogens (primary N) is 1. The van der Waals surface area contributed by atoms with Gasteiger partial charge < -0.3 is 15.2 Å². The number of nitrogens with zero attached hydrogens (tertiary/aromatic N) is 1. The summed E-state index contributed by atoms with van der Waals surface area (Å²) in [6.07, 6.45) is 2.53. The third kappa shape index (κ3) is 4.09. The minimum absolute atomic E-state index is 0.569. The average Bonchev–Trinajstić information content (AvgIpc) is 3.14. The van der Waals surface area contributed by atoms with Crippen molar-refractivity contribution >= 4 is 17.4 Å². The highest BCUT2D eigenvalue weighted by Crippen LogP contribution is 2.31. The molecule has 17 heavy (non-hydrogen) atoms. The number of nitrogen functional groups attached to an aromatic ring is 1. The maximum absolute atomic E-state index is 5.83. The van der Waals surface area contributed by atoms with Gasteiger partial charge in [0.25, 0.3) is 0 Å². The Bertz CT molecular complexity index is 370. The van der Waals surface area contributed by atoms with Gasteiger partial charge in [-0.3, -0.25) is 0 Å². The summed E-state index contributed by atoms with van der Waals surface area (Å²) in [5, 5.41) is 0.932. The molecule has 0 spiro atoms. The molecule has 0 atom stereocenters. The van der Waals surface area contributed by atoms with E-state index in [0.29, 0.717) is 17.5 Å². The van der Waals surface area contributed by atoms with Crippen molar-refractivity contribution in [1.29, 1.82) is 0 Å². The number of pyridine rings is 1. The smallest absolute Gasteiger partial charge is 0.238 e. The predicted molar refractivity (Wildman–Crippen MR) is 69.5 cm³/mol. The Morgan fingerprint density at radius 1 is 1.47 bits per heavy atom. The van der Waals surface area contributed by atoms with Crippen LogP contribution in [0.2, 0.25) is 0 Å². The molecule has 0 unspecified atom stereocenters. The summed E-state index contributed by atoms with van der Waals surface area (Å²) in [5.74, 6) is 2.16. The third-order valence-electron chi connectivity index (χ3n) is 2.55. The lowest BCUT2D eigenvalue weighted by atomic mass is 10.4. The zero-order chi connectivity index (χ0) is 12.1. The first-order chi connectivity index (χ1) is 8.29. The number of methoxy groups -OCH3 is 1. The van der Waals surface area contributed by atoms with Crippen LogP contribution in [0, 0.1) is 5.92 Å². The quantitative estimate of drug-likeness (QED) is 0.597.